The lowest BCUT2D eigenvalue weighted by Gasteiger charge is -2.29. The van der Waals surface area contributed by atoms with Crippen molar-refractivity contribution < 1.29 is 0 Å². The third-order valence-electron chi connectivity index (χ3n) is 6.33. The zero-order chi connectivity index (χ0) is 26.0. The van der Waals surface area contributed by atoms with Crippen LogP contribution in [-0.4, -0.2) is 29.9 Å². The number of hydrogen-bond acceptors (Lipinski definition) is 9. The Morgan fingerprint density at radius 2 is 0.538 bits per heavy atom. The van der Waals surface area contributed by atoms with E-state index in [1.165, 1.54) is 0 Å². The van der Waals surface area contributed by atoms with Crippen LogP contribution in [0.5, 0.6) is 0 Å². The highest BCUT2D eigenvalue weighted by atomic mass is 15.3. The minimum Gasteiger partial charge on any atom is -0.279 e. The van der Waals surface area contributed by atoms with Gasteiger partial charge in [-0.3, -0.25) is 14.7 Å². The Balaban J connectivity index is 1.55. The van der Waals surface area contributed by atoms with Gasteiger partial charge in [-0.05, 0) is 36.4 Å². The summed E-state index contributed by atoms with van der Waals surface area (Å²) in [4.78, 5) is 34.0. The monoisotopic (exact) mass is 507 g/mol. The van der Waals surface area contributed by atoms with Crippen LogP contribution in [0.15, 0.2) is 128 Å². The maximum Gasteiger partial charge on any atom is 0.144 e. The van der Waals surface area contributed by atoms with Crippen LogP contribution in [0.1, 0.15) is 0 Å². The Hall–Kier alpha value is -5.70. The van der Waals surface area contributed by atoms with Crippen LogP contribution < -0.4 is 14.7 Å². The number of rotatable bonds is 3. The van der Waals surface area contributed by atoms with E-state index in [-0.39, 0.29) is 0 Å². The molecule has 0 fully saturated rings. The molecule has 0 radical (unpaired) electrons. The van der Waals surface area contributed by atoms with Gasteiger partial charge in [0.2, 0.25) is 0 Å². The summed E-state index contributed by atoms with van der Waals surface area (Å²) in [5, 5.41) is 0. The molecule has 6 bridgehead atoms. The van der Waals surface area contributed by atoms with E-state index in [4.69, 9.17) is 0 Å². The van der Waals surface area contributed by atoms with Crippen molar-refractivity contribution in [3.63, 3.8) is 0 Å². The lowest BCUT2D eigenvalue weighted by Crippen LogP contribution is -2.20. The maximum atomic E-state index is 4.67. The fourth-order valence-corrected chi connectivity index (χ4v) is 4.62. The van der Waals surface area contributed by atoms with E-state index >= 15 is 0 Å². The average molecular weight is 508 g/mol. The van der Waals surface area contributed by atoms with Gasteiger partial charge in [-0.2, -0.15) is 0 Å². The van der Waals surface area contributed by atoms with E-state index in [9.17, 15) is 0 Å². The van der Waals surface area contributed by atoms with Crippen molar-refractivity contribution in [3.05, 3.63) is 128 Å². The molecule has 39 heavy (non-hydrogen) atoms. The van der Waals surface area contributed by atoms with E-state index in [2.05, 4.69) is 29.9 Å². The zero-order valence-electron chi connectivity index (χ0n) is 20.6. The second kappa shape index (κ2) is 9.64. The first-order valence-corrected chi connectivity index (χ1v) is 12.4. The quantitative estimate of drug-likeness (QED) is 0.257. The van der Waals surface area contributed by atoms with Gasteiger partial charge in [0.25, 0.3) is 0 Å². The molecule has 0 saturated heterocycles. The number of para-hydroxylation sites is 3. The van der Waals surface area contributed by atoms with Crippen molar-refractivity contribution in [1.29, 1.82) is 0 Å². The summed E-state index contributed by atoms with van der Waals surface area (Å²) >= 11 is 0. The highest BCUT2D eigenvalue weighted by Gasteiger charge is 2.25. The molecule has 1 aliphatic rings. The van der Waals surface area contributed by atoms with Gasteiger partial charge in [0.1, 0.15) is 53.9 Å². The van der Waals surface area contributed by atoms with Crippen molar-refractivity contribution in [1.82, 2.24) is 29.9 Å². The van der Waals surface area contributed by atoms with Crippen LogP contribution in [0.25, 0.3) is 0 Å². The summed E-state index contributed by atoms with van der Waals surface area (Å²) in [6.07, 6.45) is 4.67. The van der Waals surface area contributed by atoms with Crippen molar-refractivity contribution in [2.75, 3.05) is 14.7 Å². The Labute approximate surface area is 224 Å². The van der Waals surface area contributed by atoms with Crippen LogP contribution >= 0.6 is 0 Å². The summed E-state index contributed by atoms with van der Waals surface area (Å²) < 4.78 is 0. The molecule has 0 amide bonds. The van der Waals surface area contributed by atoms with Gasteiger partial charge in [0.05, 0.1) is 0 Å². The highest BCUT2D eigenvalue weighted by Crippen LogP contribution is 2.41. The summed E-state index contributed by atoms with van der Waals surface area (Å²) in [7, 11) is 0. The molecule has 0 aliphatic carbocycles. The molecule has 4 heterocycles. The number of benzene rings is 3. The van der Waals surface area contributed by atoms with E-state index in [1.807, 2.05) is 124 Å². The van der Waals surface area contributed by atoms with Gasteiger partial charge < -0.3 is 0 Å². The van der Waals surface area contributed by atoms with Crippen LogP contribution in [-0.2, 0) is 0 Å². The maximum absolute atomic E-state index is 4.67. The molecule has 6 aromatic rings. The molecule has 3 aromatic carbocycles. The fraction of sp³-hybridized carbons (Fsp3) is 0. The van der Waals surface area contributed by atoms with Gasteiger partial charge in [-0.1, -0.05) is 54.6 Å². The molecule has 1 aliphatic heterocycles. The second-order valence-electron chi connectivity index (χ2n) is 8.72. The van der Waals surface area contributed by atoms with Crippen molar-refractivity contribution >= 4 is 52.0 Å². The van der Waals surface area contributed by atoms with Gasteiger partial charge in [-0.25, -0.2) is 29.9 Å². The first-order valence-electron chi connectivity index (χ1n) is 12.4. The highest BCUT2D eigenvalue weighted by molar-refractivity contribution is 5.82. The minimum atomic E-state index is 0.651. The first-order chi connectivity index (χ1) is 19.3. The normalized spacial score (nSPS) is 12.5. The SMILES string of the molecule is c1ccc(N2c3cc(ncn3)N(c3ccccc3)c3cc(ncn3)N(c3ccccc3)c3cc2ncn3)cc1. The Bertz CT molecular complexity index is 1470. The average Bonchev–Trinajstić information content (AvgIpc) is 3.00. The van der Waals surface area contributed by atoms with E-state index in [0.29, 0.717) is 34.9 Å². The first kappa shape index (κ1) is 22.5. The minimum absolute atomic E-state index is 0.651. The number of aromatic nitrogens is 6. The lowest BCUT2D eigenvalue weighted by atomic mass is 10.2. The van der Waals surface area contributed by atoms with E-state index in [0.717, 1.165) is 17.1 Å². The summed E-state index contributed by atoms with van der Waals surface area (Å²) in [5.41, 5.74) is 2.70. The molecule has 9 heteroatoms. The predicted octanol–water partition coefficient (Wildman–Crippen LogP) is 6.78. The van der Waals surface area contributed by atoms with Crippen LogP contribution in [0, 0.1) is 0 Å². The fourth-order valence-electron chi connectivity index (χ4n) is 4.62. The van der Waals surface area contributed by atoms with Crippen molar-refractivity contribution in [2.45, 2.75) is 0 Å². The summed E-state index contributed by atoms with van der Waals surface area (Å²) in [6, 6.07) is 35.8. The van der Waals surface area contributed by atoms with E-state index in [1.54, 1.807) is 19.0 Å². The third kappa shape index (κ3) is 4.17. The molecule has 3 aromatic heterocycles. The smallest absolute Gasteiger partial charge is 0.144 e. The molecule has 0 saturated carbocycles. The molecule has 0 unspecified atom stereocenters. The van der Waals surface area contributed by atoms with Crippen molar-refractivity contribution in [3.8, 4) is 0 Å². The van der Waals surface area contributed by atoms with Crippen LogP contribution in [0.3, 0.4) is 0 Å². The summed E-state index contributed by atoms with van der Waals surface area (Å²) in [5.74, 6) is 3.90. The van der Waals surface area contributed by atoms with Crippen LogP contribution in [0.2, 0.25) is 0 Å². The Morgan fingerprint density at radius 1 is 0.308 bits per heavy atom. The van der Waals surface area contributed by atoms with Gasteiger partial charge in [0, 0.05) is 35.3 Å². The number of fused-ring (bicyclic) bond motifs is 6. The van der Waals surface area contributed by atoms with Gasteiger partial charge in [0.15, 0.2) is 0 Å². The summed E-state index contributed by atoms with van der Waals surface area (Å²) in [6.45, 7) is 0. The van der Waals surface area contributed by atoms with Crippen molar-refractivity contribution in [2.24, 2.45) is 0 Å². The standard InChI is InChI=1S/C30H21N9/c1-4-10-22(11-5-1)37-25-16-27(33-19-31-25)38(23-12-6-2-7-13-23)29-18-30(36-21-35-29)39(24-14-8-3-9-15-24)28-17-26(37)32-20-34-28/h1-21H. The third-order valence-corrected chi connectivity index (χ3v) is 6.33. The molecule has 0 spiro atoms. The molecule has 186 valence electrons. The molecular formula is C30H21N9. The Morgan fingerprint density at radius 3 is 0.769 bits per heavy atom. The van der Waals surface area contributed by atoms with Gasteiger partial charge in [-0.15, -0.1) is 0 Å². The van der Waals surface area contributed by atoms with Crippen LogP contribution in [0.4, 0.5) is 52.0 Å². The molecule has 0 atom stereocenters. The molecular weight excluding hydrogens is 486 g/mol. The molecule has 0 N–H and O–H groups in total. The predicted molar refractivity (Wildman–Crippen MR) is 151 cm³/mol. The lowest BCUT2D eigenvalue weighted by molar-refractivity contribution is 1.01. The second-order valence-corrected chi connectivity index (χ2v) is 8.72. The number of nitrogens with zero attached hydrogens (tertiary/aromatic N) is 9. The van der Waals surface area contributed by atoms with E-state index < -0.39 is 0 Å². The molecule has 9 nitrogen and oxygen atoms in total. The Kier molecular flexibility index (Phi) is 5.56. The zero-order valence-corrected chi connectivity index (χ0v) is 20.6. The van der Waals surface area contributed by atoms with Gasteiger partial charge >= 0.3 is 0 Å². The topological polar surface area (TPSA) is 87.1 Å². The largest absolute Gasteiger partial charge is 0.279 e. The number of anilines is 9. The number of hydrogen-bond donors (Lipinski definition) is 0. The molecule has 7 rings (SSSR count).